The summed E-state index contributed by atoms with van der Waals surface area (Å²) >= 11 is 0. The molecule has 1 heterocycles. The summed E-state index contributed by atoms with van der Waals surface area (Å²) in [5.41, 5.74) is -2.29. The van der Waals surface area contributed by atoms with Crippen molar-refractivity contribution in [3.05, 3.63) is 70.5 Å². The topological polar surface area (TPSA) is 56.1 Å². The van der Waals surface area contributed by atoms with Crippen molar-refractivity contribution in [1.82, 2.24) is 25.1 Å². The third kappa shape index (κ3) is 6.01. The zero-order chi connectivity index (χ0) is 24.4. The maximum absolute atomic E-state index is 13.1. The van der Waals surface area contributed by atoms with E-state index < -0.39 is 30.1 Å². The Morgan fingerprint density at radius 3 is 2.15 bits per heavy atom. The van der Waals surface area contributed by atoms with Gasteiger partial charge < -0.3 is 4.74 Å². The van der Waals surface area contributed by atoms with E-state index in [0.29, 0.717) is 35.8 Å². The van der Waals surface area contributed by atoms with Crippen LogP contribution in [0.2, 0.25) is 0 Å². The number of alkyl halides is 6. The van der Waals surface area contributed by atoms with Gasteiger partial charge in [0.25, 0.3) is 0 Å². The fraction of sp³-hybridized carbons (Fsp3) is 0.381. The number of para-hydroxylation sites is 1. The molecule has 0 saturated heterocycles. The van der Waals surface area contributed by atoms with Crippen molar-refractivity contribution in [2.24, 2.45) is 7.05 Å². The van der Waals surface area contributed by atoms with Crippen LogP contribution >= 0.6 is 0 Å². The molecule has 0 aliphatic carbocycles. The third-order valence-corrected chi connectivity index (χ3v) is 5.17. The molecule has 2 aromatic carbocycles. The van der Waals surface area contributed by atoms with Crippen LogP contribution in [-0.2, 0) is 32.6 Å². The molecule has 1 aromatic heterocycles. The summed E-state index contributed by atoms with van der Waals surface area (Å²) in [5.74, 6) is 0.963. The minimum atomic E-state index is -4.92. The Kier molecular flexibility index (Phi) is 6.96. The molecule has 6 nitrogen and oxygen atoms in total. The van der Waals surface area contributed by atoms with E-state index in [4.69, 9.17) is 4.74 Å². The van der Waals surface area contributed by atoms with Crippen LogP contribution in [0.5, 0.6) is 5.75 Å². The number of aryl methyl sites for hydroxylation is 1. The van der Waals surface area contributed by atoms with Crippen molar-refractivity contribution in [2.75, 3.05) is 7.05 Å². The largest absolute Gasteiger partial charge is 0.489 e. The minimum absolute atomic E-state index is 0.0931. The second-order valence-corrected chi connectivity index (χ2v) is 7.55. The standard InChI is InChI=1S/C21H21F6N5O/c1-13(31(2)11-19-28-29-30-32(19)3)17-6-4-5-7-18(17)33-12-14-8-15(20(22,23)24)10-16(9-14)21(25,26)27/h4-10,13H,11-12H2,1-3H3. The summed E-state index contributed by atoms with van der Waals surface area (Å²) < 4.78 is 85.9. The molecule has 178 valence electrons. The van der Waals surface area contributed by atoms with Gasteiger partial charge in [-0.2, -0.15) is 26.3 Å². The number of tetrazole rings is 1. The fourth-order valence-electron chi connectivity index (χ4n) is 3.20. The predicted molar refractivity (Wildman–Crippen MR) is 106 cm³/mol. The molecule has 0 spiro atoms. The van der Waals surface area contributed by atoms with Crippen molar-refractivity contribution >= 4 is 0 Å². The van der Waals surface area contributed by atoms with Crippen LogP contribution in [0, 0.1) is 0 Å². The minimum Gasteiger partial charge on any atom is -0.489 e. The van der Waals surface area contributed by atoms with Gasteiger partial charge >= 0.3 is 12.4 Å². The van der Waals surface area contributed by atoms with Crippen molar-refractivity contribution in [3.8, 4) is 5.75 Å². The number of benzene rings is 2. The number of rotatable bonds is 7. The Bertz CT molecular complexity index is 1060. The van der Waals surface area contributed by atoms with Crippen LogP contribution in [-0.4, -0.2) is 32.2 Å². The van der Waals surface area contributed by atoms with Gasteiger partial charge in [0, 0.05) is 18.7 Å². The second kappa shape index (κ2) is 9.38. The van der Waals surface area contributed by atoms with Gasteiger partial charge in [0.05, 0.1) is 17.7 Å². The van der Waals surface area contributed by atoms with E-state index in [1.165, 1.54) is 4.68 Å². The van der Waals surface area contributed by atoms with Crippen LogP contribution in [0.15, 0.2) is 42.5 Å². The molecule has 1 unspecified atom stereocenters. The normalized spacial score (nSPS) is 13.4. The van der Waals surface area contributed by atoms with E-state index in [1.807, 2.05) is 18.9 Å². The molecule has 0 amide bonds. The van der Waals surface area contributed by atoms with Crippen LogP contribution in [0.4, 0.5) is 26.3 Å². The summed E-state index contributed by atoms with van der Waals surface area (Å²) in [7, 11) is 3.54. The Balaban J connectivity index is 1.82. The predicted octanol–water partition coefficient (Wildman–Crippen LogP) is 5.02. The smallest absolute Gasteiger partial charge is 0.416 e. The summed E-state index contributed by atoms with van der Waals surface area (Å²) in [6, 6.07) is 8.03. The molecule has 0 saturated carbocycles. The average Bonchev–Trinajstić information content (AvgIpc) is 3.14. The highest BCUT2D eigenvalue weighted by molar-refractivity contribution is 5.37. The van der Waals surface area contributed by atoms with Crippen molar-refractivity contribution in [3.63, 3.8) is 0 Å². The van der Waals surface area contributed by atoms with E-state index in [2.05, 4.69) is 15.5 Å². The Morgan fingerprint density at radius 2 is 1.61 bits per heavy atom. The van der Waals surface area contributed by atoms with Crippen LogP contribution in [0.3, 0.4) is 0 Å². The van der Waals surface area contributed by atoms with Gasteiger partial charge in [0.15, 0.2) is 5.82 Å². The molecule has 12 heteroatoms. The Morgan fingerprint density at radius 1 is 1.00 bits per heavy atom. The quantitative estimate of drug-likeness (QED) is 0.451. The lowest BCUT2D eigenvalue weighted by molar-refractivity contribution is -0.143. The molecule has 0 aliphatic heterocycles. The van der Waals surface area contributed by atoms with Crippen LogP contribution < -0.4 is 4.74 Å². The third-order valence-electron chi connectivity index (χ3n) is 5.17. The van der Waals surface area contributed by atoms with Crippen LogP contribution in [0.25, 0.3) is 0 Å². The Labute approximate surface area is 185 Å². The fourth-order valence-corrected chi connectivity index (χ4v) is 3.20. The van der Waals surface area contributed by atoms with E-state index >= 15 is 0 Å². The maximum Gasteiger partial charge on any atom is 0.416 e. The molecule has 33 heavy (non-hydrogen) atoms. The summed E-state index contributed by atoms with van der Waals surface area (Å²) in [6.45, 7) is 1.83. The number of hydrogen-bond donors (Lipinski definition) is 0. The van der Waals surface area contributed by atoms with E-state index in [-0.39, 0.29) is 17.7 Å². The lowest BCUT2D eigenvalue weighted by Crippen LogP contribution is -2.24. The first-order valence-corrected chi connectivity index (χ1v) is 9.78. The van der Waals surface area contributed by atoms with Gasteiger partial charge in [-0.1, -0.05) is 18.2 Å². The van der Waals surface area contributed by atoms with Crippen LogP contribution in [0.1, 0.15) is 41.0 Å². The molecular formula is C21H21F6N5O. The molecule has 0 bridgehead atoms. The van der Waals surface area contributed by atoms with Gasteiger partial charge in [0.1, 0.15) is 12.4 Å². The molecule has 0 aliphatic rings. The Hall–Kier alpha value is -3.15. The summed E-state index contributed by atoms with van der Waals surface area (Å²) in [5, 5.41) is 11.3. The molecule has 0 fully saturated rings. The van der Waals surface area contributed by atoms with Gasteiger partial charge in [-0.05, 0) is 54.2 Å². The lowest BCUT2D eigenvalue weighted by Gasteiger charge is -2.26. The van der Waals surface area contributed by atoms with E-state index in [1.54, 1.807) is 31.3 Å². The number of aromatic nitrogens is 4. The summed E-state index contributed by atoms with van der Waals surface area (Å²) in [4.78, 5) is 1.93. The number of nitrogens with zero attached hydrogens (tertiary/aromatic N) is 5. The first-order chi connectivity index (χ1) is 15.4. The molecule has 3 aromatic rings. The monoisotopic (exact) mass is 473 g/mol. The molecule has 0 N–H and O–H groups in total. The maximum atomic E-state index is 13.1. The summed E-state index contributed by atoms with van der Waals surface area (Å²) in [6.07, 6.45) is -9.83. The zero-order valence-corrected chi connectivity index (χ0v) is 17.9. The van der Waals surface area contributed by atoms with Gasteiger partial charge in [-0.25, -0.2) is 4.68 Å². The van der Waals surface area contributed by atoms with E-state index in [0.717, 1.165) is 0 Å². The second-order valence-electron chi connectivity index (χ2n) is 7.55. The SMILES string of the molecule is CC(c1ccccc1OCc1cc(C(F)(F)F)cc(C(F)(F)F)c1)N(C)Cc1nnnn1C. The van der Waals surface area contributed by atoms with Gasteiger partial charge in [-0.3, -0.25) is 4.90 Å². The number of ether oxygens (including phenoxy) is 1. The highest BCUT2D eigenvalue weighted by Crippen LogP contribution is 2.37. The lowest BCUT2D eigenvalue weighted by atomic mass is 10.0. The van der Waals surface area contributed by atoms with Crippen molar-refractivity contribution < 1.29 is 31.1 Å². The highest BCUT2D eigenvalue weighted by Gasteiger charge is 2.37. The van der Waals surface area contributed by atoms with Gasteiger partial charge in [-0.15, -0.1) is 5.10 Å². The zero-order valence-electron chi connectivity index (χ0n) is 17.9. The molecular weight excluding hydrogens is 452 g/mol. The van der Waals surface area contributed by atoms with Crippen molar-refractivity contribution in [2.45, 2.75) is 38.5 Å². The molecule has 0 radical (unpaired) electrons. The number of hydrogen-bond acceptors (Lipinski definition) is 5. The number of halogens is 6. The van der Waals surface area contributed by atoms with Gasteiger partial charge in [0.2, 0.25) is 0 Å². The van der Waals surface area contributed by atoms with E-state index in [9.17, 15) is 26.3 Å². The average molecular weight is 473 g/mol. The molecule has 1 atom stereocenters. The van der Waals surface area contributed by atoms with Crippen molar-refractivity contribution in [1.29, 1.82) is 0 Å². The molecule has 3 rings (SSSR count). The highest BCUT2D eigenvalue weighted by atomic mass is 19.4. The first-order valence-electron chi connectivity index (χ1n) is 9.78. The first kappa shape index (κ1) is 24.5.